The van der Waals surface area contributed by atoms with Crippen LogP contribution in [0.15, 0.2) is 42.5 Å². The molecule has 0 atom stereocenters. The number of aromatic carboxylic acids is 1. The van der Waals surface area contributed by atoms with Crippen molar-refractivity contribution in [1.29, 1.82) is 0 Å². The topological polar surface area (TPSA) is 66.8 Å². The summed E-state index contributed by atoms with van der Waals surface area (Å²) in [6.07, 6.45) is 0. The number of hydrogen-bond acceptors (Lipinski definition) is 3. The van der Waals surface area contributed by atoms with E-state index in [0.29, 0.717) is 22.4 Å². The largest absolute Gasteiger partial charge is 0.497 e. The molecule has 0 aliphatic heterocycles. The Balaban J connectivity index is 2.64. The lowest BCUT2D eigenvalue weighted by Crippen LogP contribution is -2.02. The van der Waals surface area contributed by atoms with Gasteiger partial charge in [0, 0.05) is 0 Å². The highest BCUT2D eigenvalue weighted by atomic mass is 16.5. The fourth-order valence-corrected chi connectivity index (χ4v) is 1.98. The summed E-state index contributed by atoms with van der Waals surface area (Å²) in [4.78, 5) is 11.3. The van der Waals surface area contributed by atoms with Gasteiger partial charge in [-0.1, -0.05) is 24.3 Å². The number of hydrogen-bond donors (Lipinski definition) is 2. The lowest BCUT2D eigenvalue weighted by molar-refractivity contribution is 0.0697. The smallest absolute Gasteiger partial charge is 0.336 e. The molecular weight excluding hydrogens is 244 g/mol. The van der Waals surface area contributed by atoms with Crippen LogP contribution in [0.2, 0.25) is 0 Å². The van der Waals surface area contributed by atoms with Gasteiger partial charge in [0.2, 0.25) is 0 Å². The summed E-state index contributed by atoms with van der Waals surface area (Å²) in [7, 11) is 1.49. The lowest BCUT2D eigenvalue weighted by atomic mass is 9.95. The molecule has 98 valence electrons. The molecular formula is C15H14O4. The van der Waals surface area contributed by atoms with Crippen molar-refractivity contribution in [3.05, 3.63) is 53.6 Å². The molecule has 0 aliphatic carbocycles. The molecule has 2 aromatic rings. The molecule has 2 aromatic carbocycles. The Morgan fingerprint density at radius 2 is 1.89 bits per heavy atom. The van der Waals surface area contributed by atoms with Crippen molar-refractivity contribution in [1.82, 2.24) is 0 Å². The predicted molar refractivity (Wildman–Crippen MR) is 71.3 cm³/mol. The van der Waals surface area contributed by atoms with E-state index in [1.165, 1.54) is 13.2 Å². The summed E-state index contributed by atoms with van der Waals surface area (Å²) in [6.45, 7) is -0.138. The Morgan fingerprint density at radius 1 is 1.16 bits per heavy atom. The van der Waals surface area contributed by atoms with Crippen molar-refractivity contribution < 1.29 is 19.7 Å². The van der Waals surface area contributed by atoms with Crippen LogP contribution in [0.5, 0.6) is 5.75 Å². The molecule has 19 heavy (non-hydrogen) atoms. The van der Waals surface area contributed by atoms with Gasteiger partial charge in [-0.05, 0) is 34.9 Å². The van der Waals surface area contributed by atoms with Gasteiger partial charge in [-0.3, -0.25) is 0 Å². The monoisotopic (exact) mass is 258 g/mol. The highest BCUT2D eigenvalue weighted by Crippen LogP contribution is 2.30. The molecule has 4 heteroatoms. The Bertz CT molecular complexity index is 605. The van der Waals surface area contributed by atoms with E-state index in [2.05, 4.69) is 0 Å². The van der Waals surface area contributed by atoms with Crippen LogP contribution in [-0.4, -0.2) is 23.3 Å². The van der Waals surface area contributed by atoms with Crippen LogP contribution in [0.3, 0.4) is 0 Å². The van der Waals surface area contributed by atoms with Gasteiger partial charge in [-0.25, -0.2) is 4.79 Å². The zero-order valence-corrected chi connectivity index (χ0v) is 10.5. The van der Waals surface area contributed by atoms with Crippen molar-refractivity contribution in [2.45, 2.75) is 6.61 Å². The second kappa shape index (κ2) is 5.54. The summed E-state index contributed by atoms with van der Waals surface area (Å²) in [5.41, 5.74) is 2.12. The Kier molecular flexibility index (Phi) is 3.82. The molecule has 2 N–H and O–H groups in total. The normalized spacial score (nSPS) is 10.2. The second-order valence-electron chi connectivity index (χ2n) is 4.03. The van der Waals surface area contributed by atoms with Gasteiger partial charge in [-0.2, -0.15) is 0 Å². The van der Waals surface area contributed by atoms with E-state index in [-0.39, 0.29) is 12.2 Å². The Hall–Kier alpha value is -2.33. The number of carbonyl (C=O) groups is 1. The van der Waals surface area contributed by atoms with Crippen molar-refractivity contribution >= 4 is 5.97 Å². The average molecular weight is 258 g/mol. The minimum atomic E-state index is -1.03. The Labute approximate surface area is 110 Å². The first-order valence-electron chi connectivity index (χ1n) is 5.78. The van der Waals surface area contributed by atoms with Crippen LogP contribution in [0.1, 0.15) is 15.9 Å². The second-order valence-corrected chi connectivity index (χ2v) is 4.03. The molecule has 0 saturated carbocycles. The van der Waals surface area contributed by atoms with Gasteiger partial charge in [0.1, 0.15) is 5.75 Å². The number of methoxy groups -OCH3 is 1. The number of aliphatic hydroxyl groups excluding tert-OH is 1. The maximum Gasteiger partial charge on any atom is 0.336 e. The van der Waals surface area contributed by atoms with Crippen LogP contribution in [0.4, 0.5) is 0 Å². The molecule has 0 bridgehead atoms. The highest BCUT2D eigenvalue weighted by Gasteiger charge is 2.15. The first-order valence-corrected chi connectivity index (χ1v) is 5.78. The zero-order valence-electron chi connectivity index (χ0n) is 10.5. The van der Waals surface area contributed by atoms with Crippen molar-refractivity contribution in [3.63, 3.8) is 0 Å². The van der Waals surface area contributed by atoms with Crippen LogP contribution in [0, 0.1) is 0 Å². The molecule has 0 aliphatic rings. The van der Waals surface area contributed by atoms with E-state index < -0.39 is 5.97 Å². The van der Waals surface area contributed by atoms with Crippen LogP contribution < -0.4 is 4.74 Å². The number of carboxylic acids is 1. The number of carboxylic acid groups (broad SMARTS) is 1. The van der Waals surface area contributed by atoms with Crippen LogP contribution >= 0.6 is 0 Å². The van der Waals surface area contributed by atoms with Crippen molar-refractivity contribution in [2.24, 2.45) is 0 Å². The predicted octanol–water partition coefficient (Wildman–Crippen LogP) is 2.55. The quantitative estimate of drug-likeness (QED) is 0.884. The third kappa shape index (κ3) is 2.58. The molecule has 0 spiro atoms. The molecule has 0 fully saturated rings. The first-order chi connectivity index (χ1) is 9.17. The average Bonchev–Trinajstić information content (AvgIpc) is 2.46. The summed E-state index contributed by atoms with van der Waals surface area (Å²) in [5, 5.41) is 18.6. The van der Waals surface area contributed by atoms with Crippen molar-refractivity contribution in [3.8, 4) is 16.9 Å². The molecule has 0 aromatic heterocycles. The van der Waals surface area contributed by atoms with Crippen LogP contribution in [0.25, 0.3) is 11.1 Å². The van der Waals surface area contributed by atoms with Gasteiger partial charge in [0.25, 0.3) is 0 Å². The Morgan fingerprint density at radius 3 is 2.53 bits per heavy atom. The third-order valence-corrected chi connectivity index (χ3v) is 2.94. The summed E-state index contributed by atoms with van der Waals surface area (Å²) >= 11 is 0. The molecule has 0 amide bonds. The zero-order chi connectivity index (χ0) is 13.8. The maximum atomic E-state index is 11.3. The van der Waals surface area contributed by atoms with E-state index in [1.54, 1.807) is 30.3 Å². The lowest BCUT2D eigenvalue weighted by Gasteiger charge is -2.11. The van der Waals surface area contributed by atoms with E-state index >= 15 is 0 Å². The SMILES string of the molecule is COc1ccc(-c2ccccc2CO)c(C(=O)O)c1. The maximum absolute atomic E-state index is 11.3. The third-order valence-electron chi connectivity index (χ3n) is 2.94. The van der Waals surface area contributed by atoms with E-state index in [4.69, 9.17) is 4.74 Å². The minimum Gasteiger partial charge on any atom is -0.497 e. The number of rotatable bonds is 4. The molecule has 2 rings (SSSR count). The summed E-state index contributed by atoms with van der Waals surface area (Å²) in [5.74, 6) is -0.538. The summed E-state index contributed by atoms with van der Waals surface area (Å²) in [6, 6.07) is 12.0. The van der Waals surface area contributed by atoms with Crippen molar-refractivity contribution in [2.75, 3.05) is 7.11 Å². The molecule has 0 unspecified atom stereocenters. The molecule has 0 saturated heterocycles. The molecule has 0 heterocycles. The van der Waals surface area contributed by atoms with E-state index in [0.717, 1.165) is 0 Å². The molecule has 0 radical (unpaired) electrons. The number of aliphatic hydroxyl groups is 1. The minimum absolute atomic E-state index is 0.138. The fraction of sp³-hybridized carbons (Fsp3) is 0.133. The molecule has 4 nitrogen and oxygen atoms in total. The summed E-state index contributed by atoms with van der Waals surface area (Å²) < 4.78 is 5.04. The van der Waals surface area contributed by atoms with E-state index in [1.807, 2.05) is 6.07 Å². The van der Waals surface area contributed by atoms with Gasteiger partial charge >= 0.3 is 5.97 Å². The van der Waals surface area contributed by atoms with Crippen LogP contribution in [-0.2, 0) is 6.61 Å². The standard InChI is InChI=1S/C15H14O4/c1-19-11-6-7-13(14(8-11)15(17)18)12-5-3-2-4-10(12)9-16/h2-8,16H,9H2,1H3,(H,17,18). The van der Waals surface area contributed by atoms with Gasteiger partial charge in [0.05, 0.1) is 19.3 Å². The van der Waals surface area contributed by atoms with Gasteiger partial charge < -0.3 is 14.9 Å². The van der Waals surface area contributed by atoms with E-state index in [9.17, 15) is 15.0 Å². The highest BCUT2D eigenvalue weighted by molar-refractivity contribution is 5.97. The number of benzene rings is 2. The van der Waals surface area contributed by atoms with Gasteiger partial charge in [0.15, 0.2) is 0 Å². The first kappa shape index (κ1) is 13.1. The number of ether oxygens (including phenoxy) is 1. The fourth-order valence-electron chi connectivity index (χ4n) is 1.98. The van der Waals surface area contributed by atoms with Gasteiger partial charge in [-0.15, -0.1) is 0 Å².